The van der Waals surface area contributed by atoms with E-state index in [0.717, 1.165) is 37.9 Å². The summed E-state index contributed by atoms with van der Waals surface area (Å²) in [6.07, 6.45) is 6.52. The standard InChI is InChI=1S/C21H24N4O4S/c1-13-17(21(27)25-8-4-3-5-9-25)12-23-19(13)11-16-15-10-14(30(28,29)22-2)6-7-18(15)24-20(16)26/h6-7,10-12,22-23H,3-5,8-9H2,1-2H3,(H,24,26)/b16-11-. The Morgan fingerprint density at radius 1 is 1.20 bits per heavy atom. The third kappa shape index (κ3) is 3.54. The van der Waals surface area contributed by atoms with Gasteiger partial charge in [-0.15, -0.1) is 0 Å². The molecule has 158 valence electrons. The van der Waals surface area contributed by atoms with Gasteiger partial charge in [-0.2, -0.15) is 0 Å². The van der Waals surface area contributed by atoms with E-state index in [4.69, 9.17) is 0 Å². The first-order chi connectivity index (χ1) is 14.3. The van der Waals surface area contributed by atoms with E-state index in [9.17, 15) is 18.0 Å². The number of anilines is 1. The van der Waals surface area contributed by atoms with Gasteiger partial charge in [-0.1, -0.05) is 0 Å². The molecule has 8 nitrogen and oxygen atoms in total. The molecule has 0 bridgehead atoms. The van der Waals surface area contributed by atoms with Crippen molar-refractivity contribution in [3.63, 3.8) is 0 Å². The van der Waals surface area contributed by atoms with Gasteiger partial charge >= 0.3 is 0 Å². The molecule has 1 aromatic carbocycles. The average molecular weight is 429 g/mol. The van der Waals surface area contributed by atoms with Crippen LogP contribution in [0.1, 0.15) is 46.4 Å². The zero-order valence-corrected chi connectivity index (χ0v) is 17.7. The van der Waals surface area contributed by atoms with Gasteiger partial charge in [0.1, 0.15) is 0 Å². The number of hydrogen-bond acceptors (Lipinski definition) is 4. The number of sulfonamides is 1. The lowest BCUT2D eigenvalue weighted by molar-refractivity contribution is -0.110. The number of hydrogen-bond donors (Lipinski definition) is 3. The molecule has 0 spiro atoms. The van der Waals surface area contributed by atoms with Crippen LogP contribution in [-0.4, -0.2) is 50.3 Å². The third-order valence-corrected chi connectivity index (χ3v) is 7.11. The maximum Gasteiger partial charge on any atom is 0.256 e. The van der Waals surface area contributed by atoms with Gasteiger partial charge in [0.15, 0.2) is 0 Å². The number of rotatable bonds is 4. The van der Waals surface area contributed by atoms with Gasteiger partial charge in [0, 0.05) is 36.2 Å². The van der Waals surface area contributed by atoms with Crippen LogP contribution >= 0.6 is 0 Å². The van der Waals surface area contributed by atoms with Crippen LogP contribution in [0.25, 0.3) is 11.6 Å². The fourth-order valence-electron chi connectivity index (χ4n) is 3.89. The number of piperidine rings is 1. The molecule has 30 heavy (non-hydrogen) atoms. The Morgan fingerprint density at radius 2 is 1.93 bits per heavy atom. The van der Waals surface area contributed by atoms with Gasteiger partial charge in [0.2, 0.25) is 10.0 Å². The van der Waals surface area contributed by atoms with E-state index in [1.807, 2.05) is 11.8 Å². The summed E-state index contributed by atoms with van der Waals surface area (Å²) in [5.41, 5.74) is 3.41. The number of amides is 2. The van der Waals surface area contributed by atoms with Crippen LogP contribution in [0.15, 0.2) is 29.3 Å². The average Bonchev–Trinajstić information content (AvgIpc) is 3.27. The summed E-state index contributed by atoms with van der Waals surface area (Å²) in [5, 5.41) is 2.75. The largest absolute Gasteiger partial charge is 0.361 e. The molecular weight excluding hydrogens is 404 g/mol. The highest BCUT2D eigenvalue weighted by Gasteiger charge is 2.27. The van der Waals surface area contributed by atoms with E-state index in [0.29, 0.717) is 28.1 Å². The van der Waals surface area contributed by atoms with Crippen LogP contribution in [-0.2, 0) is 14.8 Å². The van der Waals surface area contributed by atoms with E-state index < -0.39 is 10.0 Å². The van der Waals surface area contributed by atoms with Crippen LogP contribution in [0.2, 0.25) is 0 Å². The predicted octanol–water partition coefficient (Wildman–Crippen LogP) is 2.35. The minimum absolute atomic E-state index is 0.00762. The first-order valence-electron chi connectivity index (χ1n) is 9.90. The molecule has 1 aromatic heterocycles. The van der Waals surface area contributed by atoms with Crippen molar-refractivity contribution < 1.29 is 18.0 Å². The number of nitrogens with zero attached hydrogens (tertiary/aromatic N) is 1. The van der Waals surface area contributed by atoms with Crippen LogP contribution in [0.5, 0.6) is 0 Å². The smallest absolute Gasteiger partial charge is 0.256 e. The lowest BCUT2D eigenvalue weighted by Crippen LogP contribution is -2.35. The van der Waals surface area contributed by atoms with Crippen molar-refractivity contribution in [1.29, 1.82) is 0 Å². The van der Waals surface area contributed by atoms with Crippen molar-refractivity contribution in [2.24, 2.45) is 0 Å². The number of carbonyl (C=O) groups is 2. The van der Waals surface area contributed by atoms with E-state index in [1.165, 1.54) is 19.2 Å². The van der Waals surface area contributed by atoms with Crippen molar-refractivity contribution in [3.05, 3.63) is 46.8 Å². The zero-order valence-electron chi connectivity index (χ0n) is 16.9. The second-order valence-corrected chi connectivity index (χ2v) is 9.41. The van der Waals surface area contributed by atoms with Gasteiger partial charge in [-0.3, -0.25) is 9.59 Å². The molecule has 0 radical (unpaired) electrons. The number of carbonyl (C=O) groups excluding carboxylic acids is 2. The summed E-state index contributed by atoms with van der Waals surface area (Å²) in [6.45, 7) is 3.37. The van der Waals surface area contributed by atoms with Crippen molar-refractivity contribution in [3.8, 4) is 0 Å². The first-order valence-corrected chi connectivity index (χ1v) is 11.4. The summed E-state index contributed by atoms with van der Waals surface area (Å²) in [5.74, 6) is -0.325. The van der Waals surface area contributed by atoms with Crippen molar-refractivity contribution in [1.82, 2.24) is 14.6 Å². The minimum atomic E-state index is -3.64. The van der Waals surface area contributed by atoms with Crippen LogP contribution in [0, 0.1) is 6.92 Å². The highest BCUT2D eigenvalue weighted by Crippen LogP contribution is 2.35. The Hall–Kier alpha value is -2.91. The monoisotopic (exact) mass is 428 g/mol. The zero-order chi connectivity index (χ0) is 21.5. The second kappa shape index (κ2) is 7.73. The van der Waals surface area contributed by atoms with Crippen LogP contribution < -0.4 is 10.0 Å². The molecular formula is C21H24N4O4S. The Bertz CT molecular complexity index is 1160. The summed E-state index contributed by atoms with van der Waals surface area (Å²) in [4.78, 5) is 30.4. The quantitative estimate of drug-likeness (QED) is 0.649. The molecule has 2 amide bonds. The fourth-order valence-corrected chi connectivity index (χ4v) is 4.65. The van der Waals surface area contributed by atoms with E-state index >= 15 is 0 Å². The normalized spacial score (nSPS) is 17.9. The van der Waals surface area contributed by atoms with Crippen molar-refractivity contribution in [2.45, 2.75) is 31.1 Å². The maximum atomic E-state index is 12.9. The van der Waals surface area contributed by atoms with Crippen LogP contribution in [0.4, 0.5) is 5.69 Å². The molecule has 9 heteroatoms. The number of aromatic nitrogens is 1. The third-order valence-electron chi connectivity index (χ3n) is 5.70. The molecule has 2 aliphatic heterocycles. The Kier molecular flexibility index (Phi) is 5.25. The topological polar surface area (TPSA) is 111 Å². The van der Waals surface area contributed by atoms with Gasteiger partial charge in [0.05, 0.1) is 16.0 Å². The lowest BCUT2D eigenvalue weighted by atomic mass is 10.0. The second-order valence-electron chi connectivity index (χ2n) is 7.52. The number of benzene rings is 1. The number of aromatic amines is 1. The molecule has 3 N–H and O–H groups in total. The number of likely N-dealkylation sites (tertiary alicyclic amines) is 1. The molecule has 2 aromatic rings. The molecule has 2 aliphatic rings. The molecule has 0 atom stereocenters. The molecule has 4 rings (SSSR count). The minimum Gasteiger partial charge on any atom is -0.361 e. The summed E-state index contributed by atoms with van der Waals surface area (Å²) in [7, 11) is -2.30. The van der Waals surface area contributed by atoms with E-state index in [2.05, 4.69) is 15.0 Å². The molecule has 0 unspecified atom stereocenters. The highest BCUT2D eigenvalue weighted by molar-refractivity contribution is 7.89. The molecule has 3 heterocycles. The molecule has 1 saturated heterocycles. The van der Waals surface area contributed by atoms with Gasteiger partial charge in [-0.05, 0) is 63.1 Å². The number of H-pyrrole nitrogens is 1. The van der Waals surface area contributed by atoms with Gasteiger partial charge in [-0.25, -0.2) is 13.1 Å². The Morgan fingerprint density at radius 3 is 2.63 bits per heavy atom. The van der Waals surface area contributed by atoms with E-state index in [-0.39, 0.29) is 16.7 Å². The highest BCUT2D eigenvalue weighted by atomic mass is 32.2. The molecule has 0 aliphatic carbocycles. The lowest BCUT2D eigenvalue weighted by Gasteiger charge is -2.26. The number of nitrogens with one attached hydrogen (secondary N) is 3. The van der Waals surface area contributed by atoms with Crippen molar-refractivity contribution in [2.75, 3.05) is 25.5 Å². The van der Waals surface area contributed by atoms with Crippen LogP contribution in [0.3, 0.4) is 0 Å². The summed E-state index contributed by atoms with van der Waals surface area (Å²) < 4.78 is 26.6. The fraction of sp³-hybridized carbons (Fsp3) is 0.333. The van der Waals surface area contributed by atoms with Gasteiger partial charge < -0.3 is 15.2 Å². The van der Waals surface area contributed by atoms with Gasteiger partial charge in [0.25, 0.3) is 11.8 Å². The molecule has 0 saturated carbocycles. The Labute approximate surface area is 175 Å². The summed E-state index contributed by atoms with van der Waals surface area (Å²) in [6, 6.07) is 4.50. The summed E-state index contributed by atoms with van der Waals surface area (Å²) >= 11 is 0. The number of fused-ring (bicyclic) bond motifs is 1. The SMILES string of the molecule is CNS(=O)(=O)c1ccc2c(c1)/C(=C/c1[nH]cc(C(=O)N3CCCCC3)c1C)C(=O)N2. The van der Waals surface area contributed by atoms with E-state index in [1.54, 1.807) is 18.3 Å². The Balaban J connectivity index is 1.70. The van der Waals surface area contributed by atoms with Crippen molar-refractivity contribution >= 4 is 39.2 Å². The maximum absolute atomic E-state index is 12.9. The molecule has 1 fully saturated rings. The first kappa shape index (κ1) is 20.4. The predicted molar refractivity (Wildman–Crippen MR) is 114 cm³/mol.